The number of hydrogen-bond donors (Lipinski definition) is 0. The lowest BCUT2D eigenvalue weighted by atomic mass is 10.0. The van der Waals surface area contributed by atoms with E-state index in [1.165, 1.54) is 10.8 Å². The van der Waals surface area contributed by atoms with Crippen molar-refractivity contribution < 1.29 is 0 Å². The minimum Gasteiger partial charge on any atom is -0.246 e. The molecule has 0 amide bonds. The van der Waals surface area contributed by atoms with Crippen LogP contribution in [0.3, 0.4) is 0 Å². The molecule has 0 saturated heterocycles. The molecule has 0 fully saturated rings. The number of rotatable bonds is 6. The second-order valence-electron chi connectivity index (χ2n) is 14.4. The van der Waals surface area contributed by atoms with E-state index in [0.717, 1.165) is 71.8 Å². The Morgan fingerprint density at radius 3 is 1.09 bits per heavy atom. The molecule has 7 aromatic carbocycles. The van der Waals surface area contributed by atoms with Gasteiger partial charge in [-0.05, 0) is 81.2 Å². The fourth-order valence-electron chi connectivity index (χ4n) is 7.62. The zero-order chi connectivity index (χ0) is 38.4. The standard InChI is InChI=1S/C52H32N6/c1-3-11-33(12-4-1)34-19-21-36(22-20-34)51-56-50(35-13-5-2-6-14-35)57-52(58-51)43-31-48(44-25-23-41-27-37-15-7-9-17-39(37)29-46(41)53-44)55-49(32-43)45-26-24-42-28-38-16-8-10-18-40(38)30-47(42)54-45/h1-32H. The Hall–Kier alpha value is -7.96. The van der Waals surface area contributed by atoms with Crippen molar-refractivity contribution in [3.05, 3.63) is 194 Å². The molecule has 11 aromatic rings. The third kappa shape index (κ3) is 6.29. The molecule has 0 atom stereocenters. The third-order valence-corrected chi connectivity index (χ3v) is 10.6. The quantitative estimate of drug-likeness (QED) is 0.158. The number of aromatic nitrogens is 6. The van der Waals surface area contributed by atoms with Crippen LogP contribution in [0.15, 0.2) is 194 Å². The molecule has 0 spiro atoms. The molecule has 0 bridgehead atoms. The minimum absolute atomic E-state index is 0.527. The summed E-state index contributed by atoms with van der Waals surface area (Å²) < 4.78 is 0. The minimum atomic E-state index is 0.527. The Balaban J connectivity index is 1.10. The Kier molecular flexibility index (Phi) is 8.04. The van der Waals surface area contributed by atoms with E-state index in [9.17, 15) is 0 Å². The largest absolute Gasteiger partial charge is 0.246 e. The van der Waals surface area contributed by atoms with Gasteiger partial charge in [0.2, 0.25) is 0 Å². The summed E-state index contributed by atoms with van der Waals surface area (Å²) in [5, 5.41) is 6.76. The highest BCUT2D eigenvalue weighted by molar-refractivity contribution is 5.98. The van der Waals surface area contributed by atoms with Crippen LogP contribution in [0.1, 0.15) is 0 Å². The van der Waals surface area contributed by atoms with Gasteiger partial charge >= 0.3 is 0 Å². The molecule has 4 aromatic heterocycles. The first-order valence-electron chi connectivity index (χ1n) is 19.3. The first kappa shape index (κ1) is 33.4. The zero-order valence-electron chi connectivity index (χ0n) is 31.2. The van der Waals surface area contributed by atoms with Gasteiger partial charge in [-0.15, -0.1) is 0 Å². The van der Waals surface area contributed by atoms with Gasteiger partial charge in [-0.25, -0.2) is 29.9 Å². The number of nitrogens with zero attached hydrogens (tertiary/aromatic N) is 6. The summed E-state index contributed by atoms with van der Waals surface area (Å²) in [7, 11) is 0. The van der Waals surface area contributed by atoms with Crippen LogP contribution in [0.5, 0.6) is 0 Å². The lowest BCUT2D eigenvalue weighted by molar-refractivity contribution is 1.07. The van der Waals surface area contributed by atoms with Crippen LogP contribution in [0.2, 0.25) is 0 Å². The lowest BCUT2D eigenvalue weighted by Crippen LogP contribution is -2.02. The average molecular weight is 741 g/mol. The number of hydrogen-bond acceptors (Lipinski definition) is 6. The first-order chi connectivity index (χ1) is 28.7. The summed E-state index contributed by atoms with van der Waals surface area (Å²) in [6, 6.07) is 66.5. The van der Waals surface area contributed by atoms with Crippen molar-refractivity contribution in [2.24, 2.45) is 0 Å². The van der Waals surface area contributed by atoms with Gasteiger partial charge in [0.25, 0.3) is 0 Å². The van der Waals surface area contributed by atoms with Crippen LogP contribution in [-0.4, -0.2) is 29.9 Å². The Labute approximate surface area is 334 Å². The highest BCUT2D eigenvalue weighted by Gasteiger charge is 2.17. The molecule has 58 heavy (non-hydrogen) atoms. The van der Waals surface area contributed by atoms with Gasteiger partial charge in [0.15, 0.2) is 17.5 Å². The van der Waals surface area contributed by atoms with Gasteiger partial charge in [0.1, 0.15) is 0 Å². The summed E-state index contributed by atoms with van der Waals surface area (Å²) in [4.78, 5) is 30.9. The summed E-state index contributed by atoms with van der Waals surface area (Å²) in [5.41, 5.74) is 9.51. The molecule has 0 aliphatic rings. The summed E-state index contributed by atoms with van der Waals surface area (Å²) in [6.45, 7) is 0. The van der Waals surface area contributed by atoms with E-state index >= 15 is 0 Å². The second kappa shape index (κ2) is 14.0. The van der Waals surface area contributed by atoms with Gasteiger partial charge in [-0.1, -0.05) is 146 Å². The molecule has 270 valence electrons. The van der Waals surface area contributed by atoms with Crippen LogP contribution in [0.4, 0.5) is 0 Å². The predicted octanol–water partition coefficient (Wildman–Crippen LogP) is 12.7. The van der Waals surface area contributed by atoms with Crippen molar-refractivity contribution in [3.8, 4) is 68.1 Å². The molecular weight excluding hydrogens is 709 g/mol. The Morgan fingerprint density at radius 1 is 0.207 bits per heavy atom. The van der Waals surface area contributed by atoms with Crippen molar-refractivity contribution in [2.75, 3.05) is 0 Å². The van der Waals surface area contributed by atoms with Crippen molar-refractivity contribution in [1.29, 1.82) is 0 Å². The maximum Gasteiger partial charge on any atom is 0.164 e. The highest BCUT2D eigenvalue weighted by Crippen LogP contribution is 2.33. The zero-order valence-corrected chi connectivity index (χ0v) is 31.2. The number of fused-ring (bicyclic) bond motifs is 4. The third-order valence-electron chi connectivity index (χ3n) is 10.6. The summed E-state index contributed by atoms with van der Waals surface area (Å²) in [5.74, 6) is 1.69. The van der Waals surface area contributed by atoms with Crippen LogP contribution in [0, 0.1) is 0 Å². The van der Waals surface area contributed by atoms with E-state index in [0.29, 0.717) is 28.9 Å². The molecule has 0 saturated carbocycles. The molecular formula is C52H32N6. The molecule has 6 nitrogen and oxygen atoms in total. The van der Waals surface area contributed by atoms with E-state index in [-0.39, 0.29) is 0 Å². The molecule has 0 N–H and O–H groups in total. The highest BCUT2D eigenvalue weighted by atomic mass is 15.0. The number of pyridine rings is 3. The molecule has 11 rings (SSSR count). The lowest BCUT2D eigenvalue weighted by Gasteiger charge is -2.12. The van der Waals surface area contributed by atoms with E-state index < -0.39 is 0 Å². The summed E-state index contributed by atoms with van der Waals surface area (Å²) in [6.07, 6.45) is 0. The van der Waals surface area contributed by atoms with Crippen molar-refractivity contribution >= 4 is 43.4 Å². The average Bonchev–Trinajstić information content (AvgIpc) is 3.30. The fourth-order valence-corrected chi connectivity index (χ4v) is 7.62. The normalized spacial score (nSPS) is 11.4. The Morgan fingerprint density at radius 2 is 0.586 bits per heavy atom. The molecule has 6 heteroatoms. The van der Waals surface area contributed by atoms with Crippen molar-refractivity contribution in [3.63, 3.8) is 0 Å². The molecule has 4 heterocycles. The second-order valence-corrected chi connectivity index (χ2v) is 14.4. The fraction of sp³-hybridized carbons (Fsp3) is 0. The topological polar surface area (TPSA) is 77.3 Å². The molecule has 0 aliphatic heterocycles. The van der Waals surface area contributed by atoms with Crippen molar-refractivity contribution in [2.45, 2.75) is 0 Å². The van der Waals surface area contributed by atoms with Crippen LogP contribution >= 0.6 is 0 Å². The maximum absolute atomic E-state index is 5.24. The molecule has 0 radical (unpaired) electrons. The predicted molar refractivity (Wildman–Crippen MR) is 236 cm³/mol. The first-order valence-corrected chi connectivity index (χ1v) is 19.3. The SMILES string of the molecule is c1ccc(-c2ccc(-c3nc(-c4ccccc4)nc(-c4cc(-c5ccc6cc7ccccc7cc6n5)nc(-c5ccc6cc7ccccc7cc6n5)c4)n3)cc2)cc1. The van der Waals surface area contributed by atoms with E-state index in [4.69, 9.17) is 29.9 Å². The molecule has 0 aliphatic carbocycles. The van der Waals surface area contributed by atoms with Crippen LogP contribution < -0.4 is 0 Å². The Bertz CT molecular complexity index is 3190. The van der Waals surface area contributed by atoms with E-state index in [2.05, 4.69) is 133 Å². The van der Waals surface area contributed by atoms with Gasteiger partial charge in [-0.3, -0.25) is 0 Å². The molecule has 0 unspecified atom stereocenters. The summed E-state index contributed by atoms with van der Waals surface area (Å²) >= 11 is 0. The van der Waals surface area contributed by atoms with Crippen molar-refractivity contribution in [1.82, 2.24) is 29.9 Å². The van der Waals surface area contributed by atoms with Gasteiger partial charge in [0.05, 0.1) is 33.8 Å². The van der Waals surface area contributed by atoms with Crippen LogP contribution in [0.25, 0.3) is 111 Å². The van der Waals surface area contributed by atoms with Gasteiger partial charge < -0.3 is 0 Å². The van der Waals surface area contributed by atoms with Gasteiger partial charge in [0, 0.05) is 27.5 Å². The maximum atomic E-state index is 5.24. The number of benzene rings is 7. The van der Waals surface area contributed by atoms with E-state index in [1.807, 2.05) is 60.7 Å². The van der Waals surface area contributed by atoms with Crippen LogP contribution in [-0.2, 0) is 0 Å². The monoisotopic (exact) mass is 740 g/mol. The van der Waals surface area contributed by atoms with E-state index in [1.54, 1.807) is 0 Å². The van der Waals surface area contributed by atoms with Gasteiger partial charge in [-0.2, -0.15) is 0 Å². The smallest absolute Gasteiger partial charge is 0.164 e.